The van der Waals surface area contributed by atoms with Gasteiger partial charge in [0, 0.05) is 18.8 Å². The van der Waals surface area contributed by atoms with Crippen LogP contribution in [0.15, 0.2) is 42.6 Å². The van der Waals surface area contributed by atoms with Gasteiger partial charge in [-0.1, -0.05) is 0 Å². The summed E-state index contributed by atoms with van der Waals surface area (Å²) in [6.07, 6.45) is 1.66. The Bertz CT molecular complexity index is 635. The van der Waals surface area contributed by atoms with E-state index < -0.39 is 0 Å². The number of amides is 1. The van der Waals surface area contributed by atoms with Gasteiger partial charge in [0.2, 0.25) is 11.8 Å². The van der Waals surface area contributed by atoms with Crippen molar-refractivity contribution in [3.63, 3.8) is 0 Å². The van der Waals surface area contributed by atoms with Crippen LogP contribution in [0.2, 0.25) is 0 Å². The van der Waals surface area contributed by atoms with Crippen molar-refractivity contribution in [2.45, 2.75) is 13.5 Å². The minimum absolute atomic E-state index is 0. The maximum absolute atomic E-state index is 11.4. The predicted octanol–water partition coefficient (Wildman–Crippen LogP) is 2.53. The Balaban J connectivity index is 0.00000288. The minimum atomic E-state index is -0.0571. The molecule has 2 rings (SSSR count). The topological polar surface area (TPSA) is 72.5 Å². The molecule has 6 nitrogen and oxygen atoms in total. The number of nitrogens with one attached hydrogen (secondary N) is 2. The molecule has 0 aliphatic carbocycles. The van der Waals surface area contributed by atoms with E-state index in [1.165, 1.54) is 0 Å². The van der Waals surface area contributed by atoms with Crippen molar-refractivity contribution in [2.24, 2.45) is 0 Å². The van der Waals surface area contributed by atoms with Crippen molar-refractivity contribution in [3.05, 3.63) is 48.2 Å². The molecule has 0 aliphatic heterocycles. The Morgan fingerprint density at radius 3 is 2.54 bits per heavy atom. The molecule has 0 spiro atoms. The summed E-state index contributed by atoms with van der Waals surface area (Å²) >= 11 is 0. The van der Waals surface area contributed by atoms with Crippen LogP contribution in [0, 0.1) is 0 Å². The molecule has 0 atom stereocenters. The quantitative estimate of drug-likeness (QED) is 0.764. The molecule has 7 heteroatoms. The van der Waals surface area contributed by atoms with E-state index in [1.54, 1.807) is 19.3 Å². The molecule has 0 radical (unpaired) electrons. The smallest absolute Gasteiger partial charge is 0.234 e. The van der Waals surface area contributed by atoms with Gasteiger partial charge in [-0.05, 0) is 49.9 Å². The number of carbonyl (C=O) groups excluding carboxylic acids is 1. The van der Waals surface area contributed by atoms with E-state index in [2.05, 4.69) is 15.6 Å². The van der Waals surface area contributed by atoms with E-state index in [-0.39, 0.29) is 18.3 Å². The fraction of sp³-hybridized carbons (Fsp3) is 0.294. The van der Waals surface area contributed by atoms with Crippen LogP contribution >= 0.6 is 12.4 Å². The van der Waals surface area contributed by atoms with Crippen molar-refractivity contribution in [3.8, 4) is 17.4 Å². The van der Waals surface area contributed by atoms with Crippen LogP contribution in [-0.4, -0.2) is 31.1 Å². The first-order valence-electron chi connectivity index (χ1n) is 7.48. The van der Waals surface area contributed by atoms with E-state index in [0.717, 1.165) is 11.3 Å². The van der Waals surface area contributed by atoms with Crippen molar-refractivity contribution < 1.29 is 14.3 Å². The molecule has 1 aromatic carbocycles. The fourth-order valence-corrected chi connectivity index (χ4v) is 1.93. The van der Waals surface area contributed by atoms with Gasteiger partial charge >= 0.3 is 0 Å². The van der Waals surface area contributed by atoms with Crippen LogP contribution < -0.4 is 20.1 Å². The highest BCUT2D eigenvalue weighted by atomic mass is 35.5. The van der Waals surface area contributed by atoms with Gasteiger partial charge in [0.1, 0.15) is 11.5 Å². The van der Waals surface area contributed by atoms with Crippen LogP contribution in [0.1, 0.15) is 12.5 Å². The molecule has 0 aliphatic rings. The second-order valence-electron chi connectivity index (χ2n) is 4.82. The number of halogens is 1. The van der Waals surface area contributed by atoms with Crippen LogP contribution in [0.4, 0.5) is 0 Å². The molecule has 1 amide bonds. The lowest BCUT2D eigenvalue weighted by molar-refractivity contribution is -0.120. The van der Waals surface area contributed by atoms with Crippen LogP contribution in [0.25, 0.3) is 0 Å². The Labute approximate surface area is 148 Å². The number of hydrogen-bond acceptors (Lipinski definition) is 5. The highest BCUT2D eigenvalue weighted by Crippen LogP contribution is 2.22. The van der Waals surface area contributed by atoms with Gasteiger partial charge in [-0.15, -0.1) is 12.4 Å². The fourth-order valence-electron chi connectivity index (χ4n) is 1.93. The first-order valence-corrected chi connectivity index (χ1v) is 7.48. The first-order chi connectivity index (χ1) is 11.2. The molecule has 0 fully saturated rings. The Morgan fingerprint density at radius 1 is 1.17 bits per heavy atom. The molecule has 130 valence electrons. The largest absolute Gasteiger partial charge is 0.494 e. The number of carbonyl (C=O) groups is 1. The van der Waals surface area contributed by atoms with E-state index >= 15 is 0 Å². The summed E-state index contributed by atoms with van der Waals surface area (Å²) in [5.41, 5.74) is 0.922. The zero-order valence-corrected chi connectivity index (χ0v) is 14.6. The summed E-state index contributed by atoms with van der Waals surface area (Å²) < 4.78 is 11.1. The summed E-state index contributed by atoms with van der Waals surface area (Å²) in [6.45, 7) is 3.29. The average Bonchev–Trinajstić information content (AvgIpc) is 2.56. The third kappa shape index (κ3) is 6.44. The van der Waals surface area contributed by atoms with Crippen LogP contribution in [0.3, 0.4) is 0 Å². The van der Waals surface area contributed by atoms with E-state index in [0.29, 0.717) is 31.3 Å². The molecule has 0 bridgehead atoms. The third-order valence-corrected chi connectivity index (χ3v) is 2.98. The Kier molecular flexibility index (Phi) is 8.60. The molecule has 24 heavy (non-hydrogen) atoms. The van der Waals surface area contributed by atoms with Crippen molar-refractivity contribution in [2.75, 3.05) is 20.2 Å². The van der Waals surface area contributed by atoms with Gasteiger partial charge in [0.25, 0.3) is 0 Å². The molecule has 0 saturated carbocycles. The molecular weight excluding hydrogens is 330 g/mol. The van der Waals surface area contributed by atoms with Gasteiger partial charge < -0.3 is 20.1 Å². The highest BCUT2D eigenvalue weighted by Gasteiger charge is 2.03. The number of pyridine rings is 1. The lowest BCUT2D eigenvalue weighted by Gasteiger charge is -2.09. The van der Waals surface area contributed by atoms with Crippen molar-refractivity contribution >= 4 is 18.3 Å². The van der Waals surface area contributed by atoms with Crippen LogP contribution in [-0.2, 0) is 11.3 Å². The third-order valence-electron chi connectivity index (χ3n) is 2.98. The van der Waals surface area contributed by atoms with Gasteiger partial charge in [-0.25, -0.2) is 4.98 Å². The predicted molar refractivity (Wildman–Crippen MR) is 94.9 cm³/mol. The summed E-state index contributed by atoms with van der Waals surface area (Å²) in [5.74, 6) is 1.90. The van der Waals surface area contributed by atoms with Gasteiger partial charge in [-0.3, -0.25) is 4.79 Å². The number of hydrogen-bond donors (Lipinski definition) is 2. The second kappa shape index (κ2) is 10.5. The monoisotopic (exact) mass is 351 g/mol. The van der Waals surface area contributed by atoms with E-state index in [1.807, 2.05) is 37.3 Å². The number of nitrogens with zero attached hydrogens (tertiary/aromatic N) is 1. The number of likely N-dealkylation sites (N-methyl/N-ethyl adjacent to an activating group) is 1. The minimum Gasteiger partial charge on any atom is -0.494 e. The number of ether oxygens (including phenoxy) is 2. The zero-order chi connectivity index (χ0) is 16.5. The molecule has 0 saturated heterocycles. The average molecular weight is 352 g/mol. The number of benzene rings is 1. The molecule has 0 unspecified atom stereocenters. The van der Waals surface area contributed by atoms with Gasteiger partial charge in [-0.2, -0.15) is 0 Å². The standard InChI is InChI=1S/C17H21N3O3.ClH/c1-3-22-14-4-6-15(7-5-14)23-17-10-13(8-9-19-17)11-20-16(21)12-18-2;/h4-10,18H,3,11-12H2,1-2H3,(H,20,21);1H. The van der Waals surface area contributed by atoms with Crippen LogP contribution in [0.5, 0.6) is 17.4 Å². The second-order valence-corrected chi connectivity index (χ2v) is 4.82. The molecule has 1 heterocycles. The normalized spacial score (nSPS) is 9.75. The highest BCUT2D eigenvalue weighted by molar-refractivity contribution is 5.85. The maximum atomic E-state index is 11.4. The van der Waals surface area contributed by atoms with Crippen molar-refractivity contribution in [1.82, 2.24) is 15.6 Å². The number of rotatable bonds is 8. The van der Waals surface area contributed by atoms with E-state index in [4.69, 9.17) is 9.47 Å². The SMILES string of the molecule is CCOc1ccc(Oc2cc(CNC(=O)CNC)ccn2)cc1.Cl. The lowest BCUT2D eigenvalue weighted by Crippen LogP contribution is -2.31. The van der Waals surface area contributed by atoms with E-state index in [9.17, 15) is 4.79 Å². The molecule has 2 aromatic rings. The summed E-state index contributed by atoms with van der Waals surface area (Å²) in [6, 6.07) is 11.0. The zero-order valence-electron chi connectivity index (χ0n) is 13.7. The summed E-state index contributed by atoms with van der Waals surface area (Å²) in [4.78, 5) is 15.6. The maximum Gasteiger partial charge on any atom is 0.234 e. The van der Waals surface area contributed by atoms with Gasteiger partial charge in [0.05, 0.1) is 13.2 Å². The summed E-state index contributed by atoms with van der Waals surface area (Å²) in [5, 5.41) is 5.61. The van der Waals surface area contributed by atoms with Gasteiger partial charge in [0.15, 0.2) is 0 Å². The summed E-state index contributed by atoms with van der Waals surface area (Å²) in [7, 11) is 1.73. The molecule has 1 aromatic heterocycles. The number of aromatic nitrogens is 1. The lowest BCUT2D eigenvalue weighted by atomic mass is 10.2. The Hall–Kier alpha value is -2.31. The first kappa shape index (κ1) is 19.7. The molecule has 2 N–H and O–H groups in total. The van der Waals surface area contributed by atoms with Crippen molar-refractivity contribution in [1.29, 1.82) is 0 Å². The molecular formula is C17H22ClN3O3. The Morgan fingerprint density at radius 2 is 1.88 bits per heavy atom.